The van der Waals surface area contributed by atoms with E-state index in [4.69, 9.17) is 35.9 Å². The zero-order chi connectivity index (χ0) is 30.5. The van der Waals surface area contributed by atoms with E-state index in [-0.39, 0.29) is 26.4 Å². The summed E-state index contributed by atoms with van der Waals surface area (Å²) in [5, 5.41) is 10.4. The van der Waals surface area contributed by atoms with Crippen LogP contribution in [0.3, 0.4) is 0 Å². The van der Waals surface area contributed by atoms with Crippen molar-refractivity contribution in [3.05, 3.63) is 64.9 Å². The predicted molar refractivity (Wildman–Crippen MR) is 158 cm³/mol. The Hall–Kier alpha value is -4.65. The van der Waals surface area contributed by atoms with Gasteiger partial charge < -0.3 is 34.3 Å². The lowest BCUT2D eigenvalue weighted by Gasteiger charge is -2.30. The van der Waals surface area contributed by atoms with Crippen molar-refractivity contribution in [2.45, 2.75) is 33.7 Å². The van der Waals surface area contributed by atoms with Gasteiger partial charge >= 0.3 is 11.9 Å². The van der Waals surface area contributed by atoms with Crippen molar-refractivity contribution in [3.8, 4) is 17.2 Å². The Morgan fingerprint density at radius 3 is 2.40 bits per heavy atom. The third-order valence-electron chi connectivity index (χ3n) is 5.67. The van der Waals surface area contributed by atoms with Gasteiger partial charge in [-0.05, 0) is 69.7 Å². The second-order valence-corrected chi connectivity index (χ2v) is 9.05. The molecule has 1 aliphatic rings. The number of nitrogens with one attached hydrogen (secondary N) is 3. The van der Waals surface area contributed by atoms with Crippen LogP contribution in [0.15, 0.2) is 58.8 Å². The molecule has 0 aromatic heterocycles. The summed E-state index contributed by atoms with van der Waals surface area (Å²) >= 11 is 5.30. The van der Waals surface area contributed by atoms with Crippen LogP contribution < -0.4 is 30.3 Å². The summed E-state index contributed by atoms with van der Waals surface area (Å²) in [7, 11) is 0. The summed E-state index contributed by atoms with van der Waals surface area (Å²) in [6.07, 6.45) is 1.43. The van der Waals surface area contributed by atoms with Gasteiger partial charge in [-0.3, -0.25) is 4.79 Å². The number of allylic oxidation sites excluding steroid dienone is 1. The molecule has 0 radical (unpaired) electrons. The first-order valence-electron chi connectivity index (χ1n) is 13.3. The molecule has 1 atom stereocenters. The first kappa shape index (κ1) is 31.9. The second-order valence-electron chi connectivity index (χ2n) is 8.64. The molecular weight excluding hydrogens is 564 g/mol. The number of benzene rings is 2. The van der Waals surface area contributed by atoms with Crippen molar-refractivity contribution in [2.75, 3.05) is 33.0 Å². The van der Waals surface area contributed by atoms with Crippen LogP contribution in [0.1, 0.15) is 44.9 Å². The highest BCUT2D eigenvalue weighted by atomic mass is 32.1. The highest BCUT2D eigenvalue weighted by Gasteiger charge is 2.32. The van der Waals surface area contributed by atoms with Gasteiger partial charge in [-0.15, -0.1) is 0 Å². The minimum absolute atomic E-state index is 0.214. The van der Waals surface area contributed by atoms with E-state index in [1.54, 1.807) is 63.2 Å². The molecule has 0 saturated carbocycles. The highest BCUT2D eigenvalue weighted by molar-refractivity contribution is 7.80. The Balaban J connectivity index is 1.65. The Morgan fingerprint density at radius 2 is 1.67 bits per heavy atom. The van der Waals surface area contributed by atoms with Crippen LogP contribution in [0.5, 0.6) is 17.2 Å². The maximum atomic E-state index is 12.7. The third-order valence-corrected chi connectivity index (χ3v) is 5.89. The molecule has 0 bridgehead atoms. The number of thiocarbonyl (C=S) groups is 1. The molecule has 0 aliphatic carbocycles. The summed E-state index contributed by atoms with van der Waals surface area (Å²) in [5.41, 5.74) is 4.57. The van der Waals surface area contributed by atoms with Crippen LogP contribution in [-0.4, -0.2) is 62.2 Å². The molecule has 0 saturated heterocycles. The lowest BCUT2D eigenvalue weighted by atomic mass is 9.95. The number of hydrogen-bond donors (Lipinski definition) is 3. The minimum Gasteiger partial charge on any atom is -0.490 e. The van der Waals surface area contributed by atoms with Crippen LogP contribution in [-0.2, 0) is 23.9 Å². The summed E-state index contributed by atoms with van der Waals surface area (Å²) in [6, 6.07) is 11.4. The number of carbonyl (C=O) groups excluding carboxylic acids is 3. The van der Waals surface area contributed by atoms with Gasteiger partial charge in [0.1, 0.15) is 5.75 Å². The SMILES string of the molecule is CCOC(=O)COc1ccc(C=NNC(=O)COc2ccccc2[C@@H]2NC(=S)NC(C)=C2C(=O)OCC)cc1OCC. The molecule has 13 heteroatoms. The standard InChI is InChI=1S/C29H34N4O8S/c1-5-37-23-14-19(12-13-22(23)41-17-25(35)38-6-2)15-30-33-24(34)16-40-21-11-9-8-10-20(21)27-26(28(36)39-7-3)18(4)31-29(42)32-27/h8-15,27H,5-7,16-17H2,1-4H3,(H,33,34)(H2,31,32,42)/t27-/m0/s1. The molecule has 12 nitrogen and oxygen atoms in total. The molecule has 2 aromatic carbocycles. The second kappa shape index (κ2) is 16.0. The van der Waals surface area contributed by atoms with Crippen LogP contribution in [0, 0.1) is 0 Å². The molecule has 0 fully saturated rings. The van der Waals surface area contributed by atoms with Gasteiger partial charge in [0, 0.05) is 11.3 Å². The van der Waals surface area contributed by atoms with Crippen LogP contribution >= 0.6 is 12.2 Å². The molecular formula is C29H34N4O8S. The number of ether oxygens (including phenoxy) is 5. The number of carbonyl (C=O) groups is 3. The van der Waals surface area contributed by atoms with Crippen LogP contribution in [0.2, 0.25) is 0 Å². The molecule has 1 amide bonds. The van der Waals surface area contributed by atoms with E-state index in [1.165, 1.54) is 6.21 Å². The lowest BCUT2D eigenvalue weighted by Crippen LogP contribution is -2.45. The lowest BCUT2D eigenvalue weighted by molar-refractivity contribution is -0.145. The van der Waals surface area contributed by atoms with Gasteiger partial charge in [0.25, 0.3) is 5.91 Å². The van der Waals surface area contributed by atoms with Crippen molar-refractivity contribution < 1.29 is 38.1 Å². The van der Waals surface area contributed by atoms with Crippen molar-refractivity contribution in [1.29, 1.82) is 0 Å². The Morgan fingerprint density at radius 1 is 0.929 bits per heavy atom. The topological polar surface area (TPSA) is 146 Å². The van der Waals surface area contributed by atoms with E-state index in [9.17, 15) is 14.4 Å². The van der Waals surface area contributed by atoms with Crippen molar-refractivity contribution in [1.82, 2.24) is 16.1 Å². The van der Waals surface area contributed by atoms with Gasteiger partial charge in [0.15, 0.2) is 29.8 Å². The molecule has 1 aliphatic heterocycles. The fourth-order valence-corrected chi connectivity index (χ4v) is 4.21. The summed E-state index contributed by atoms with van der Waals surface area (Å²) < 4.78 is 27.0. The third kappa shape index (κ3) is 8.93. The first-order valence-corrected chi connectivity index (χ1v) is 13.7. The molecule has 0 spiro atoms. The number of nitrogens with zero attached hydrogens (tertiary/aromatic N) is 1. The number of esters is 2. The Kier molecular flexibility index (Phi) is 12.1. The van der Waals surface area contributed by atoms with Gasteiger partial charge in [0.05, 0.1) is 37.7 Å². The molecule has 2 aromatic rings. The van der Waals surface area contributed by atoms with E-state index in [0.29, 0.717) is 51.4 Å². The fraction of sp³-hybridized carbons (Fsp3) is 0.345. The molecule has 224 valence electrons. The average Bonchev–Trinajstić information content (AvgIpc) is 2.96. The zero-order valence-electron chi connectivity index (χ0n) is 23.9. The zero-order valence-corrected chi connectivity index (χ0v) is 24.7. The predicted octanol–water partition coefficient (Wildman–Crippen LogP) is 2.91. The fourth-order valence-electron chi connectivity index (χ4n) is 3.94. The Bertz CT molecular complexity index is 1360. The van der Waals surface area contributed by atoms with Gasteiger partial charge in [0.2, 0.25) is 0 Å². The highest BCUT2D eigenvalue weighted by Crippen LogP contribution is 2.33. The van der Waals surface area contributed by atoms with Crippen molar-refractivity contribution >= 4 is 41.4 Å². The molecule has 42 heavy (non-hydrogen) atoms. The number of para-hydroxylation sites is 1. The number of hydrogen-bond acceptors (Lipinski definition) is 10. The average molecular weight is 599 g/mol. The van der Waals surface area contributed by atoms with Gasteiger partial charge in [-0.1, -0.05) is 18.2 Å². The largest absolute Gasteiger partial charge is 0.490 e. The smallest absolute Gasteiger partial charge is 0.344 e. The van der Waals surface area contributed by atoms with Crippen LogP contribution in [0.4, 0.5) is 0 Å². The quantitative estimate of drug-likeness (QED) is 0.128. The van der Waals surface area contributed by atoms with Gasteiger partial charge in [-0.2, -0.15) is 5.10 Å². The van der Waals surface area contributed by atoms with E-state index in [0.717, 1.165) is 0 Å². The maximum Gasteiger partial charge on any atom is 0.344 e. The molecule has 0 unspecified atom stereocenters. The first-order chi connectivity index (χ1) is 20.3. The molecule has 1 heterocycles. The summed E-state index contributed by atoms with van der Waals surface area (Å²) in [4.78, 5) is 36.8. The molecule has 3 rings (SSSR count). The van der Waals surface area contributed by atoms with E-state index >= 15 is 0 Å². The van der Waals surface area contributed by atoms with Gasteiger partial charge in [-0.25, -0.2) is 15.0 Å². The van der Waals surface area contributed by atoms with Crippen molar-refractivity contribution in [3.63, 3.8) is 0 Å². The molecule has 3 N–H and O–H groups in total. The monoisotopic (exact) mass is 598 g/mol. The number of rotatable bonds is 14. The van der Waals surface area contributed by atoms with Crippen LogP contribution in [0.25, 0.3) is 0 Å². The summed E-state index contributed by atoms with van der Waals surface area (Å²) in [5.74, 6) is -0.317. The van der Waals surface area contributed by atoms with E-state index in [1.807, 2.05) is 6.92 Å². The Labute approximate surface area is 249 Å². The normalized spacial score (nSPS) is 14.5. The number of hydrazone groups is 1. The number of amides is 1. The van der Waals surface area contributed by atoms with E-state index in [2.05, 4.69) is 21.2 Å². The van der Waals surface area contributed by atoms with Crippen molar-refractivity contribution in [2.24, 2.45) is 5.10 Å². The maximum absolute atomic E-state index is 12.7. The summed E-state index contributed by atoms with van der Waals surface area (Å²) in [6.45, 7) is 7.26. The van der Waals surface area contributed by atoms with E-state index < -0.39 is 23.9 Å². The minimum atomic E-state index is -0.640.